The van der Waals surface area contributed by atoms with Crippen LogP contribution < -0.4 is 0 Å². The number of hydrogen-bond donors (Lipinski definition) is 1. The van der Waals surface area contributed by atoms with Crippen molar-refractivity contribution in [2.75, 3.05) is 20.1 Å². The van der Waals surface area contributed by atoms with Gasteiger partial charge < -0.3 is 10.0 Å². The van der Waals surface area contributed by atoms with E-state index in [4.69, 9.17) is 5.11 Å². The highest BCUT2D eigenvalue weighted by molar-refractivity contribution is 6.21. The van der Waals surface area contributed by atoms with Gasteiger partial charge in [-0.05, 0) is 31.0 Å². The number of likely N-dealkylation sites (tertiary alicyclic amines) is 1. The third-order valence-electron chi connectivity index (χ3n) is 4.39. The molecule has 0 aromatic heterocycles. The number of carbonyl (C=O) groups is 4. The highest BCUT2D eigenvalue weighted by Crippen LogP contribution is 2.24. The van der Waals surface area contributed by atoms with Gasteiger partial charge in [-0.2, -0.15) is 0 Å². The number of rotatable bonds is 2. The first kappa shape index (κ1) is 15.2. The second-order valence-corrected chi connectivity index (χ2v) is 5.86. The van der Waals surface area contributed by atoms with Gasteiger partial charge in [-0.3, -0.25) is 24.1 Å². The Balaban J connectivity index is 1.86. The molecule has 7 heteroatoms. The van der Waals surface area contributed by atoms with Crippen molar-refractivity contribution < 1.29 is 24.3 Å². The van der Waals surface area contributed by atoms with Crippen LogP contribution in [0.4, 0.5) is 0 Å². The van der Waals surface area contributed by atoms with Crippen molar-refractivity contribution in [3.8, 4) is 0 Å². The average Bonchev–Trinajstić information content (AvgIpc) is 2.78. The van der Waals surface area contributed by atoms with Crippen molar-refractivity contribution in [2.24, 2.45) is 5.92 Å². The summed E-state index contributed by atoms with van der Waals surface area (Å²) < 4.78 is 0. The number of hydrogen-bond acceptors (Lipinski definition) is 4. The van der Waals surface area contributed by atoms with E-state index in [0.29, 0.717) is 24.9 Å². The Morgan fingerprint density at radius 1 is 1.17 bits per heavy atom. The molecule has 2 heterocycles. The van der Waals surface area contributed by atoms with Crippen molar-refractivity contribution in [3.05, 3.63) is 34.9 Å². The standard InChI is InChI=1S/C16H16N2O5/c1-17-14(20)11-5-4-9(7-12(11)15(17)21)13(19)18-6-2-3-10(8-18)16(22)23/h4-5,7,10H,2-3,6,8H2,1H3,(H,22,23)/t10-/m0/s1. The summed E-state index contributed by atoms with van der Waals surface area (Å²) in [5.74, 6) is -2.58. The zero-order chi connectivity index (χ0) is 16.7. The van der Waals surface area contributed by atoms with E-state index < -0.39 is 17.8 Å². The smallest absolute Gasteiger partial charge is 0.308 e. The molecule has 0 radical (unpaired) electrons. The largest absolute Gasteiger partial charge is 0.481 e. The van der Waals surface area contributed by atoms with E-state index in [9.17, 15) is 19.2 Å². The molecule has 1 aromatic carbocycles. The first-order chi connectivity index (χ1) is 10.9. The zero-order valence-electron chi connectivity index (χ0n) is 12.6. The Bertz CT molecular complexity index is 727. The summed E-state index contributed by atoms with van der Waals surface area (Å²) >= 11 is 0. The van der Waals surface area contributed by atoms with E-state index in [2.05, 4.69) is 0 Å². The van der Waals surface area contributed by atoms with Crippen LogP contribution in [0.15, 0.2) is 18.2 Å². The molecule has 0 bridgehead atoms. The predicted molar refractivity (Wildman–Crippen MR) is 79.1 cm³/mol. The molecule has 0 aliphatic carbocycles. The molecule has 0 spiro atoms. The number of aliphatic carboxylic acids is 1. The van der Waals surface area contributed by atoms with Gasteiger partial charge in [-0.15, -0.1) is 0 Å². The van der Waals surface area contributed by atoms with Crippen LogP contribution in [0.3, 0.4) is 0 Å². The normalized spacial score (nSPS) is 20.7. The van der Waals surface area contributed by atoms with Crippen LogP contribution in [-0.4, -0.2) is 58.7 Å². The van der Waals surface area contributed by atoms with Crippen molar-refractivity contribution >= 4 is 23.7 Å². The number of imide groups is 1. The van der Waals surface area contributed by atoms with E-state index in [-0.39, 0.29) is 29.5 Å². The molecule has 3 amide bonds. The molecule has 1 fully saturated rings. The SMILES string of the molecule is CN1C(=O)c2ccc(C(=O)N3CCC[C@H](C(=O)O)C3)cc2C1=O. The summed E-state index contributed by atoms with van der Waals surface area (Å²) in [4.78, 5) is 50.0. The first-order valence-corrected chi connectivity index (χ1v) is 7.38. The van der Waals surface area contributed by atoms with Crippen LogP contribution in [0.25, 0.3) is 0 Å². The molecule has 2 aliphatic rings. The fourth-order valence-electron chi connectivity index (χ4n) is 3.04. The molecule has 2 aliphatic heterocycles. The summed E-state index contributed by atoms with van der Waals surface area (Å²) in [5.41, 5.74) is 0.803. The summed E-state index contributed by atoms with van der Waals surface area (Å²) in [5, 5.41) is 9.10. The average molecular weight is 316 g/mol. The number of piperidine rings is 1. The highest BCUT2D eigenvalue weighted by Gasteiger charge is 2.34. The number of benzene rings is 1. The van der Waals surface area contributed by atoms with Crippen LogP contribution >= 0.6 is 0 Å². The number of nitrogens with zero attached hydrogens (tertiary/aromatic N) is 2. The van der Waals surface area contributed by atoms with Gasteiger partial charge in [0.1, 0.15) is 0 Å². The molecule has 0 saturated carbocycles. The van der Waals surface area contributed by atoms with Crippen LogP contribution in [-0.2, 0) is 4.79 Å². The second kappa shape index (κ2) is 5.49. The minimum atomic E-state index is -0.904. The Kier molecular flexibility index (Phi) is 3.63. The monoisotopic (exact) mass is 316 g/mol. The Morgan fingerprint density at radius 2 is 1.87 bits per heavy atom. The molecular weight excluding hydrogens is 300 g/mol. The third kappa shape index (κ3) is 2.48. The van der Waals surface area contributed by atoms with E-state index in [1.165, 1.54) is 30.1 Å². The predicted octanol–water partition coefficient (Wildman–Crippen LogP) is 0.849. The lowest BCUT2D eigenvalue weighted by Crippen LogP contribution is -2.42. The van der Waals surface area contributed by atoms with Crippen LogP contribution in [0.1, 0.15) is 43.9 Å². The van der Waals surface area contributed by atoms with Crippen molar-refractivity contribution in [1.82, 2.24) is 9.80 Å². The number of fused-ring (bicyclic) bond motifs is 1. The van der Waals surface area contributed by atoms with Gasteiger partial charge in [0.15, 0.2) is 0 Å². The zero-order valence-corrected chi connectivity index (χ0v) is 12.6. The van der Waals surface area contributed by atoms with Crippen LogP contribution in [0, 0.1) is 5.92 Å². The summed E-state index contributed by atoms with van der Waals surface area (Å²) in [6.45, 7) is 0.657. The Morgan fingerprint density at radius 3 is 2.57 bits per heavy atom. The topological polar surface area (TPSA) is 95.0 Å². The molecule has 1 aromatic rings. The number of carboxylic acids is 1. The highest BCUT2D eigenvalue weighted by atomic mass is 16.4. The molecule has 120 valence electrons. The van der Waals surface area contributed by atoms with Crippen LogP contribution in [0.2, 0.25) is 0 Å². The molecular formula is C16H16N2O5. The third-order valence-corrected chi connectivity index (χ3v) is 4.39. The van der Waals surface area contributed by atoms with Gasteiger partial charge in [0, 0.05) is 25.7 Å². The second-order valence-electron chi connectivity index (χ2n) is 5.86. The number of carboxylic acid groups (broad SMARTS) is 1. The molecule has 1 saturated heterocycles. The lowest BCUT2D eigenvalue weighted by Gasteiger charge is -2.30. The molecule has 0 unspecified atom stereocenters. The molecule has 1 atom stereocenters. The molecule has 3 rings (SSSR count). The Labute approximate surface area is 132 Å². The fraction of sp³-hybridized carbons (Fsp3) is 0.375. The van der Waals surface area contributed by atoms with E-state index in [1.807, 2.05) is 0 Å². The molecule has 1 N–H and O–H groups in total. The lowest BCUT2D eigenvalue weighted by molar-refractivity contribution is -0.143. The molecule has 7 nitrogen and oxygen atoms in total. The van der Waals surface area contributed by atoms with Crippen LogP contribution in [0.5, 0.6) is 0 Å². The quantitative estimate of drug-likeness (QED) is 0.816. The lowest BCUT2D eigenvalue weighted by atomic mass is 9.97. The van der Waals surface area contributed by atoms with E-state index >= 15 is 0 Å². The minimum absolute atomic E-state index is 0.165. The van der Waals surface area contributed by atoms with Crippen molar-refractivity contribution in [1.29, 1.82) is 0 Å². The van der Waals surface area contributed by atoms with Gasteiger partial charge in [0.2, 0.25) is 0 Å². The van der Waals surface area contributed by atoms with Crippen molar-refractivity contribution in [3.63, 3.8) is 0 Å². The maximum Gasteiger partial charge on any atom is 0.308 e. The van der Waals surface area contributed by atoms with Gasteiger partial charge in [0.05, 0.1) is 17.0 Å². The van der Waals surface area contributed by atoms with Gasteiger partial charge in [-0.1, -0.05) is 0 Å². The van der Waals surface area contributed by atoms with Crippen molar-refractivity contribution in [2.45, 2.75) is 12.8 Å². The fourth-order valence-corrected chi connectivity index (χ4v) is 3.04. The van der Waals surface area contributed by atoms with E-state index in [1.54, 1.807) is 0 Å². The van der Waals surface area contributed by atoms with Gasteiger partial charge in [-0.25, -0.2) is 0 Å². The summed E-state index contributed by atoms with van der Waals surface area (Å²) in [6, 6.07) is 4.41. The number of carbonyl (C=O) groups excluding carboxylic acids is 3. The summed E-state index contributed by atoms with van der Waals surface area (Å²) in [7, 11) is 1.40. The summed E-state index contributed by atoms with van der Waals surface area (Å²) in [6.07, 6.45) is 1.19. The van der Waals surface area contributed by atoms with Gasteiger partial charge in [0.25, 0.3) is 17.7 Å². The maximum absolute atomic E-state index is 12.6. The number of amides is 3. The van der Waals surface area contributed by atoms with Gasteiger partial charge >= 0.3 is 5.97 Å². The Hall–Kier alpha value is -2.70. The maximum atomic E-state index is 12.6. The first-order valence-electron chi connectivity index (χ1n) is 7.38. The van der Waals surface area contributed by atoms with E-state index in [0.717, 1.165) is 4.90 Å². The minimum Gasteiger partial charge on any atom is -0.481 e. The molecule has 23 heavy (non-hydrogen) atoms.